The SMILES string of the molecule is CC(C)[C@@H](C)N(Cc1ccco1)C(=O)c1nc2ccccc2c(=O)[nH]1. The molecule has 0 radical (unpaired) electrons. The number of amides is 1. The number of rotatable bonds is 5. The van der Waals surface area contributed by atoms with Gasteiger partial charge in [0.25, 0.3) is 11.5 Å². The number of H-pyrrole nitrogens is 1. The molecule has 0 aliphatic heterocycles. The molecule has 6 heteroatoms. The first-order valence-electron chi connectivity index (χ1n) is 8.29. The van der Waals surface area contributed by atoms with Gasteiger partial charge < -0.3 is 14.3 Å². The second-order valence-corrected chi connectivity index (χ2v) is 6.43. The molecular formula is C19H21N3O3. The van der Waals surface area contributed by atoms with E-state index in [1.807, 2.05) is 26.8 Å². The third kappa shape index (κ3) is 3.47. The number of hydrogen-bond donors (Lipinski definition) is 1. The molecule has 0 bridgehead atoms. The summed E-state index contributed by atoms with van der Waals surface area (Å²) in [6.07, 6.45) is 1.58. The topological polar surface area (TPSA) is 79.2 Å². The highest BCUT2D eigenvalue weighted by atomic mass is 16.3. The fourth-order valence-corrected chi connectivity index (χ4v) is 2.65. The van der Waals surface area contributed by atoms with Crippen LogP contribution in [0.4, 0.5) is 0 Å². The van der Waals surface area contributed by atoms with Crippen molar-refractivity contribution in [1.82, 2.24) is 14.9 Å². The van der Waals surface area contributed by atoms with Gasteiger partial charge in [-0.25, -0.2) is 4.98 Å². The highest BCUT2D eigenvalue weighted by Gasteiger charge is 2.26. The van der Waals surface area contributed by atoms with Crippen molar-refractivity contribution in [1.29, 1.82) is 0 Å². The van der Waals surface area contributed by atoms with Gasteiger partial charge in [-0.15, -0.1) is 0 Å². The zero-order valence-electron chi connectivity index (χ0n) is 14.5. The van der Waals surface area contributed by atoms with Crippen LogP contribution in [-0.4, -0.2) is 26.8 Å². The third-order valence-electron chi connectivity index (χ3n) is 4.44. The minimum absolute atomic E-state index is 0.0442. The lowest BCUT2D eigenvalue weighted by molar-refractivity contribution is 0.0598. The van der Waals surface area contributed by atoms with Gasteiger partial charge in [0, 0.05) is 6.04 Å². The number of nitrogens with one attached hydrogen (secondary N) is 1. The van der Waals surface area contributed by atoms with Gasteiger partial charge in [0.2, 0.25) is 0 Å². The average molecular weight is 339 g/mol. The summed E-state index contributed by atoms with van der Waals surface area (Å²) in [5.74, 6) is 0.651. The quantitative estimate of drug-likeness (QED) is 0.774. The number of aromatic amines is 1. The average Bonchev–Trinajstić information content (AvgIpc) is 3.11. The predicted octanol–water partition coefficient (Wildman–Crippen LogP) is 3.20. The Bertz CT molecular complexity index is 928. The summed E-state index contributed by atoms with van der Waals surface area (Å²) >= 11 is 0. The van der Waals surface area contributed by atoms with E-state index in [4.69, 9.17) is 4.42 Å². The van der Waals surface area contributed by atoms with Crippen molar-refractivity contribution in [2.24, 2.45) is 5.92 Å². The van der Waals surface area contributed by atoms with Crippen LogP contribution in [0, 0.1) is 5.92 Å². The van der Waals surface area contributed by atoms with E-state index in [9.17, 15) is 9.59 Å². The number of nitrogens with zero attached hydrogens (tertiary/aromatic N) is 2. The molecule has 1 amide bonds. The molecule has 2 heterocycles. The molecular weight excluding hydrogens is 318 g/mol. The maximum Gasteiger partial charge on any atom is 0.290 e. The highest BCUT2D eigenvalue weighted by Crippen LogP contribution is 2.17. The van der Waals surface area contributed by atoms with Gasteiger partial charge in [0.05, 0.1) is 23.7 Å². The molecule has 0 saturated heterocycles. The summed E-state index contributed by atoms with van der Waals surface area (Å²) in [4.78, 5) is 34.0. The Morgan fingerprint density at radius 3 is 2.64 bits per heavy atom. The van der Waals surface area contributed by atoms with Gasteiger partial charge >= 0.3 is 0 Å². The Morgan fingerprint density at radius 2 is 1.96 bits per heavy atom. The van der Waals surface area contributed by atoms with Crippen molar-refractivity contribution >= 4 is 16.8 Å². The van der Waals surface area contributed by atoms with E-state index in [1.165, 1.54) is 0 Å². The van der Waals surface area contributed by atoms with Crippen molar-refractivity contribution in [3.63, 3.8) is 0 Å². The maximum absolute atomic E-state index is 13.1. The van der Waals surface area contributed by atoms with Crippen LogP contribution in [0.2, 0.25) is 0 Å². The summed E-state index contributed by atoms with van der Waals surface area (Å²) in [6.45, 7) is 6.39. The molecule has 0 saturated carbocycles. The number of benzene rings is 1. The minimum Gasteiger partial charge on any atom is -0.467 e. The van der Waals surface area contributed by atoms with Crippen LogP contribution in [0.5, 0.6) is 0 Å². The molecule has 0 spiro atoms. The molecule has 1 atom stereocenters. The second-order valence-electron chi connectivity index (χ2n) is 6.43. The van der Waals surface area contributed by atoms with Crippen LogP contribution in [0.25, 0.3) is 10.9 Å². The molecule has 3 aromatic rings. The summed E-state index contributed by atoms with van der Waals surface area (Å²) in [5.41, 5.74) is 0.189. The lowest BCUT2D eigenvalue weighted by Gasteiger charge is -2.30. The highest BCUT2D eigenvalue weighted by molar-refractivity contribution is 5.92. The van der Waals surface area contributed by atoms with Gasteiger partial charge in [0.15, 0.2) is 5.82 Å². The lowest BCUT2D eigenvalue weighted by atomic mass is 10.0. The summed E-state index contributed by atoms with van der Waals surface area (Å²) in [7, 11) is 0. The van der Waals surface area contributed by atoms with Crippen LogP contribution < -0.4 is 5.56 Å². The molecule has 130 valence electrons. The lowest BCUT2D eigenvalue weighted by Crippen LogP contribution is -2.42. The van der Waals surface area contributed by atoms with E-state index in [1.54, 1.807) is 41.5 Å². The fourth-order valence-electron chi connectivity index (χ4n) is 2.65. The molecule has 0 fully saturated rings. The smallest absolute Gasteiger partial charge is 0.290 e. The van der Waals surface area contributed by atoms with E-state index in [0.29, 0.717) is 23.2 Å². The molecule has 1 aromatic carbocycles. The number of fused-ring (bicyclic) bond motifs is 1. The summed E-state index contributed by atoms with van der Waals surface area (Å²) < 4.78 is 5.39. The van der Waals surface area contributed by atoms with Gasteiger partial charge in [-0.3, -0.25) is 9.59 Å². The Hall–Kier alpha value is -2.89. The number of hydrogen-bond acceptors (Lipinski definition) is 4. The maximum atomic E-state index is 13.1. The van der Waals surface area contributed by atoms with E-state index < -0.39 is 0 Å². The molecule has 2 aromatic heterocycles. The molecule has 3 rings (SSSR count). The van der Waals surface area contributed by atoms with Crippen molar-refractivity contribution in [2.75, 3.05) is 0 Å². The van der Waals surface area contributed by atoms with Crippen molar-refractivity contribution < 1.29 is 9.21 Å². The largest absolute Gasteiger partial charge is 0.467 e. The monoisotopic (exact) mass is 339 g/mol. The Labute approximate surface area is 145 Å². The van der Waals surface area contributed by atoms with E-state index in [2.05, 4.69) is 9.97 Å². The van der Waals surface area contributed by atoms with Crippen LogP contribution in [-0.2, 0) is 6.54 Å². The van der Waals surface area contributed by atoms with Crippen molar-refractivity contribution in [3.05, 3.63) is 64.6 Å². The number of furan rings is 1. The standard InChI is InChI=1S/C19H21N3O3/c1-12(2)13(3)22(11-14-7-6-10-25-14)19(24)17-20-16-9-5-4-8-15(16)18(23)21-17/h4-10,12-13H,11H2,1-3H3,(H,20,21,23)/t13-/m1/s1. The predicted molar refractivity (Wildman–Crippen MR) is 95.2 cm³/mol. The van der Waals surface area contributed by atoms with Crippen LogP contribution in [0.1, 0.15) is 37.2 Å². The Morgan fingerprint density at radius 1 is 1.20 bits per heavy atom. The third-order valence-corrected chi connectivity index (χ3v) is 4.44. The molecule has 0 aliphatic carbocycles. The molecule has 0 unspecified atom stereocenters. The van der Waals surface area contributed by atoms with Crippen LogP contribution >= 0.6 is 0 Å². The molecule has 0 aliphatic rings. The zero-order chi connectivity index (χ0) is 18.0. The van der Waals surface area contributed by atoms with Crippen molar-refractivity contribution in [3.8, 4) is 0 Å². The fraction of sp³-hybridized carbons (Fsp3) is 0.316. The Balaban J connectivity index is 2.00. The molecule has 25 heavy (non-hydrogen) atoms. The van der Waals surface area contributed by atoms with Crippen molar-refractivity contribution in [2.45, 2.75) is 33.4 Å². The zero-order valence-corrected chi connectivity index (χ0v) is 14.5. The summed E-state index contributed by atoms with van der Waals surface area (Å²) in [5, 5.41) is 0.466. The van der Waals surface area contributed by atoms with Gasteiger partial charge in [-0.2, -0.15) is 0 Å². The second kappa shape index (κ2) is 6.93. The van der Waals surface area contributed by atoms with Crippen LogP contribution in [0.15, 0.2) is 51.9 Å². The molecule has 6 nitrogen and oxygen atoms in total. The minimum atomic E-state index is -0.319. The number of carbonyl (C=O) groups excluding carboxylic acids is 1. The van der Waals surface area contributed by atoms with Crippen LogP contribution in [0.3, 0.4) is 0 Å². The normalized spacial score (nSPS) is 12.5. The first kappa shape index (κ1) is 17.0. The first-order valence-corrected chi connectivity index (χ1v) is 8.29. The van der Waals surface area contributed by atoms with Gasteiger partial charge in [-0.05, 0) is 37.1 Å². The van der Waals surface area contributed by atoms with E-state index in [-0.39, 0.29) is 29.3 Å². The number of para-hydroxylation sites is 1. The Kier molecular flexibility index (Phi) is 4.70. The first-order chi connectivity index (χ1) is 12.0. The number of aromatic nitrogens is 2. The van der Waals surface area contributed by atoms with E-state index >= 15 is 0 Å². The van der Waals surface area contributed by atoms with Gasteiger partial charge in [-0.1, -0.05) is 26.0 Å². The number of carbonyl (C=O) groups is 1. The van der Waals surface area contributed by atoms with Gasteiger partial charge in [0.1, 0.15) is 5.76 Å². The van der Waals surface area contributed by atoms with E-state index in [0.717, 1.165) is 0 Å². The summed E-state index contributed by atoms with van der Waals surface area (Å²) in [6, 6.07) is 10.5. The molecule has 1 N–H and O–H groups in total.